The Balaban J connectivity index is 2.14. The third kappa shape index (κ3) is 1.86. The Morgan fingerprint density at radius 1 is 1.62 bits per heavy atom. The van der Waals surface area contributed by atoms with E-state index in [-0.39, 0.29) is 11.7 Å². The van der Waals surface area contributed by atoms with Crippen LogP contribution in [-0.2, 0) is 0 Å². The second kappa shape index (κ2) is 3.18. The fraction of sp³-hybridized carbons (Fsp3) is 0.500. The first-order valence-electron chi connectivity index (χ1n) is 4.19. The normalized spacial score (nSPS) is 16.7. The number of nitrogens with one attached hydrogen (secondary N) is 2. The molecule has 5 nitrogen and oxygen atoms in total. The molecule has 13 heavy (non-hydrogen) atoms. The van der Waals surface area contributed by atoms with Gasteiger partial charge in [-0.2, -0.15) is 0 Å². The first kappa shape index (κ1) is 8.25. The molecule has 0 unspecified atom stereocenters. The molecule has 5 heteroatoms. The van der Waals surface area contributed by atoms with Crippen molar-refractivity contribution >= 4 is 0 Å². The Labute approximate surface area is 75.1 Å². The molecule has 1 fully saturated rings. The maximum Gasteiger partial charge on any atom is 0.254 e. The van der Waals surface area contributed by atoms with E-state index in [1.807, 2.05) is 0 Å². The van der Waals surface area contributed by atoms with Crippen molar-refractivity contribution in [1.29, 1.82) is 0 Å². The van der Waals surface area contributed by atoms with Gasteiger partial charge in [0.05, 0.1) is 6.07 Å². The van der Waals surface area contributed by atoms with Crippen LogP contribution in [0.1, 0.15) is 5.82 Å². The molecule has 0 radical (unpaired) electrons. The lowest BCUT2D eigenvalue weighted by atomic mass is 10.2. The van der Waals surface area contributed by atoms with E-state index in [0.717, 1.165) is 13.1 Å². The highest BCUT2D eigenvalue weighted by Gasteiger charge is 2.18. The molecule has 0 aliphatic carbocycles. The summed E-state index contributed by atoms with van der Waals surface area (Å²) in [6, 6.07) is 1.37. The molecule has 0 saturated carbocycles. The lowest BCUT2D eigenvalue weighted by Gasteiger charge is -2.27. The molecular weight excluding hydrogens is 170 g/mol. The molecule has 0 spiro atoms. The predicted octanol–water partition coefficient (Wildman–Crippen LogP) is -0.571. The van der Waals surface area contributed by atoms with E-state index in [1.165, 1.54) is 6.07 Å². The number of aryl methyl sites for hydroxylation is 1. The molecule has 1 aliphatic rings. The van der Waals surface area contributed by atoms with Gasteiger partial charge in [0.15, 0.2) is 0 Å². The third-order valence-electron chi connectivity index (χ3n) is 1.87. The second-order valence-electron chi connectivity index (χ2n) is 3.07. The standard InChI is InChI=1S/C8H11N3O2/c1-5-10-7(12)2-8(11-5)13-6-3-9-4-6/h2,6,9H,3-4H2,1H3,(H,10,11,12). The first-order chi connectivity index (χ1) is 6.24. The Morgan fingerprint density at radius 2 is 2.38 bits per heavy atom. The van der Waals surface area contributed by atoms with Crippen LogP contribution in [0.25, 0.3) is 0 Å². The van der Waals surface area contributed by atoms with Crippen molar-refractivity contribution in [3.8, 4) is 5.88 Å². The van der Waals surface area contributed by atoms with Crippen molar-refractivity contribution in [3.05, 3.63) is 22.2 Å². The van der Waals surface area contributed by atoms with Crippen molar-refractivity contribution in [2.24, 2.45) is 0 Å². The number of H-pyrrole nitrogens is 1. The zero-order chi connectivity index (χ0) is 9.26. The number of ether oxygens (including phenoxy) is 1. The average molecular weight is 181 g/mol. The van der Waals surface area contributed by atoms with Gasteiger partial charge in [0.1, 0.15) is 11.9 Å². The summed E-state index contributed by atoms with van der Waals surface area (Å²) in [6.45, 7) is 3.38. The van der Waals surface area contributed by atoms with E-state index < -0.39 is 0 Å². The lowest BCUT2D eigenvalue weighted by Crippen LogP contribution is -2.50. The Bertz CT molecular complexity index is 357. The van der Waals surface area contributed by atoms with Crippen molar-refractivity contribution < 1.29 is 4.74 Å². The summed E-state index contributed by atoms with van der Waals surface area (Å²) >= 11 is 0. The van der Waals surface area contributed by atoms with Crippen molar-refractivity contribution in [1.82, 2.24) is 15.3 Å². The van der Waals surface area contributed by atoms with E-state index in [0.29, 0.717) is 11.7 Å². The van der Waals surface area contributed by atoms with Gasteiger partial charge in [-0.15, -0.1) is 0 Å². The summed E-state index contributed by atoms with van der Waals surface area (Å²) in [7, 11) is 0. The number of rotatable bonds is 2. The van der Waals surface area contributed by atoms with Gasteiger partial charge in [-0.25, -0.2) is 4.98 Å². The smallest absolute Gasteiger partial charge is 0.254 e. The largest absolute Gasteiger partial charge is 0.471 e. The van der Waals surface area contributed by atoms with Crippen LogP contribution >= 0.6 is 0 Å². The van der Waals surface area contributed by atoms with Gasteiger partial charge >= 0.3 is 0 Å². The molecule has 2 N–H and O–H groups in total. The summed E-state index contributed by atoms with van der Waals surface area (Å²) in [5.74, 6) is 0.988. The topological polar surface area (TPSA) is 67.0 Å². The predicted molar refractivity (Wildman–Crippen MR) is 46.9 cm³/mol. The molecule has 1 aliphatic heterocycles. The average Bonchev–Trinajstić information content (AvgIpc) is 1.95. The van der Waals surface area contributed by atoms with E-state index in [9.17, 15) is 4.79 Å². The summed E-state index contributed by atoms with van der Waals surface area (Å²) in [5, 5.41) is 3.07. The highest BCUT2D eigenvalue weighted by molar-refractivity contribution is 5.09. The van der Waals surface area contributed by atoms with Crippen LogP contribution < -0.4 is 15.6 Å². The molecule has 70 valence electrons. The fourth-order valence-electron chi connectivity index (χ4n) is 1.13. The van der Waals surface area contributed by atoms with Gasteiger partial charge in [0.2, 0.25) is 5.88 Å². The quantitative estimate of drug-likeness (QED) is 0.641. The molecular formula is C8H11N3O2. The summed E-state index contributed by atoms with van der Waals surface area (Å²) in [4.78, 5) is 17.6. The van der Waals surface area contributed by atoms with E-state index in [4.69, 9.17) is 4.74 Å². The van der Waals surface area contributed by atoms with Gasteiger partial charge in [0.25, 0.3) is 5.56 Å². The minimum atomic E-state index is -0.171. The third-order valence-corrected chi connectivity index (χ3v) is 1.87. The molecule has 1 saturated heterocycles. The second-order valence-corrected chi connectivity index (χ2v) is 3.07. The Morgan fingerprint density at radius 3 is 2.92 bits per heavy atom. The fourth-order valence-corrected chi connectivity index (χ4v) is 1.13. The number of hydrogen-bond donors (Lipinski definition) is 2. The molecule has 2 heterocycles. The van der Waals surface area contributed by atoms with Crippen LogP contribution in [0.4, 0.5) is 0 Å². The van der Waals surface area contributed by atoms with Crippen LogP contribution in [0.3, 0.4) is 0 Å². The number of aromatic nitrogens is 2. The van der Waals surface area contributed by atoms with Crippen LogP contribution in [0.5, 0.6) is 5.88 Å². The zero-order valence-corrected chi connectivity index (χ0v) is 7.33. The maximum absolute atomic E-state index is 11.0. The summed E-state index contributed by atoms with van der Waals surface area (Å²) < 4.78 is 5.42. The van der Waals surface area contributed by atoms with E-state index in [1.54, 1.807) is 6.92 Å². The monoisotopic (exact) mass is 181 g/mol. The van der Waals surface area contributed by atoms with Crippen LogP contribution in [-0.4, -0.2) is 29.2 Å². The van der Waals surface area contributed by atoms with Crippen LogP contribution in [0.2, 0.25) is 0 Å². The van der Waals surface area contributed by atoms with Gasteiger partial charge in [-0.05, 0) is 6.92 Å². The molecule has 1 aromatic heterocycles. The number of aromatic amines is 1. The van der Waals surface area contributed by atoms with Gasteiger partial charge in [-0.3, -0.25) is 4.79 Å². The molecule has 2 rings (SSSR count). The molecule has 0 amide bonds. The van der Waals surface area contributed by atoms with Crippen LogP contribution in [0.15, 0.2) is 10.9 Å². The Hall–Kier alpha value is -1.36. The molecule has 0 bridgehead atoms. The lowest BCUT2D eigenvalue weighted by molar-refractivity contribution is 0.135. The zero-order valence-electron chi connectivity index (χ0n) is 7.33. The van der Waals surface area contributed by atoms with E-state index in [2.05, 4.69) is 15.3 Å². The van der Waals surface area contributed by atoms with Gasteiger partial charge in [0, 0.05) is 13.1 Å². The summed E-state index contributed by atoms with van der Waals surface area (Å²) in [6.07, 6.45) is 0.161. The number of nitrogens with zero attached hydrogens (tertiary/aromatic N) is 1. The maximum atomic E-state index is 11.0. The van der Waals surface area contributed by atoms with Gasteiger partial charge in [-0.1, -0.05) is 0 Å². The van der Waals surface area contributed by atoms with Crippen molar-refractivity contribution in [2.45, 2.75) is 13.0 Å². The van der Waals surface area contributed by atoms with Crippen molar-refractivity contribution in [2.75, 3.05) is 13.1 Å². The molecule has 0 aromatic carbocycles. The SMILES string of the molecule is Cc1nc(OC2CNC2)cc(=O)[nH]1. The highest BCUT2D eigenvalue weighted by Crippen LogP contribution is 2.07. The van der Waals surface area contributed by atoms with Gasteiger partial charge < -0.3 is 15.0 Å². The summed E-state index contributed by atoms with van der Waals surface area (Å²) in [5.41, 5.74) is -0.171. The minimum absolute atomic E-state index is 0.161. The van der Waals surface area contributed by atoms with Crippen molar-refractivity contribution in [3.63, 3.8) is 0 Å². The minimum Gasteiger partial charge on any atom is -0.471 e. The molecule has 1 aromatic rings. The first-order valence-corrected chi connectivity index (χ1v) is 4.19. The van der Waals surface area contributed by atoms with Crippen LogP contribution in [0, 0.1) is 6.92 Å². The highest BCUT2D eigenvalue weighted by atomic mass is 16.5. The van der Waals surface area contributed by atoms with E-state index >= 15 is 0 Å². The Kier molecular flexibility index (Phi) is 2.02. The molecule has 0 atom stereocenters. The number of hydrogen-bond acceptors (Lipinski definition) is 4.